The molecule has 0 saturated carbocycles. The Bertz CT molecular complexity index is 1070. The number of rotatable bonds is 36. The summed E-state index contributed by atoms with van der Waals surface area (Å²) in [5.74, 6) is -1.54. The van der Waals surface area contributed by atoms with Crippen molar-refractivity contribution < 1.29 is 59.9 Å². The van der Waals surface area contributed by atoms with Gasteiger partial charge in [-0.1, -0.05) is 32.2 Å². The average molecular weight is 895 g/mol. The van der Waals surface area contributed by atoms with Gasteiger partial charge in [-0.3, -0.25) is 14.4 Å². The zero-order valence-corrected chi connectivity index (χ0v) is 41.9. The average Bonchev–Trinajstić information content (AvgIpc) is 3.15. The van der Waals surface area contributed by atoms with Crippen LogP contribution >= 0.6 is 37.0 Å². The molecule has 0 aromatic heterocycles. The molecule has 0 rings (SSSR count). The lowest BCUT2D eigenvalue weighted by Gasteiger charge is -2.51. The first-order chi connectivity index (χ1) is 26.2. The lowest BCUT2D eigenvalue weighted by molar-refractivity contribution is -0.285. The summed E-state index contributed by atoms with van der Waals surface area (Å²) < 4.78 is 64.7. The summed E-state index contributed by atoms with van der Waals surface area (Å²) in [7, 11) is -6.30. The summed E-state index contributed by atoms with van der Waals surface area (Å²) in [5, 5.41) is 0.0103. The van der Waals surface area contributed by atoms with Gasteiger partial charge in [-0.15, -0.1) is 0 Å². The molecule has 19 heteroatoms. The highest BCUT2D eigenvalue weighted by molar-refractivity contribution is 8.13. The Balaban J connectivity index is 7.64. The van der Waals surface area contributed by atoms with E-state index in [1.165, 1.54) is 25.6 Å². The lowest BCUT2D eigenvalue weighted by Crippen LogP contribution is -2.62. The van der Waals surface area contributed by atoms with Crippen LogP contribution in [-0.2, 0) is 59.9 Å². The Kier molecular flexibility index (Phi) is 30.1. The number of thiol groups is 2. The second-order valence-electron chi connectivity index (χ2n) is 13.2. The summed E-state index contributed by atoms with van der Waals surface area (Å²) in [5.41, 5.74) is -1.98. The standard InChI is InChI=1S/C36H74O13S3Si3/c1-11-33(26-40-30(7)37,35(42-13-3,48-53-10)20-17-22-50)28-46-55(45-16-6,25-19-24-52-32(9)39)47-29-34(12-2,27-41-31(8)38)36(43-14-4,21-18-23-51)49-54-44-15-5/h50-51H,11-29,53-54H2,1-10H3. The number of carbonyl (C=O) groups is 3. The molecule has 326 valence electrons. The molecule has 0 saturated heterocycles. The molecule has 0 amide bonds. The zero-order valence-electron chi connectivity index (χ0n) is 35.5. The van der Waals surface area contributed by atoms with E-state index in [1.807, 2.05) is 48.1 Å². The lowest BCUT2D eigenvalue weighted by atomic mass is 9.75. The molecular weight excluding hydrogens is 821 g/mol. The fraction of sp³-hybridized carbons (Fsp3) is 0.917. The Morgan fingerprint density at radius 1 is 0.655 bits per heavy atom. The second-order valence-corrected chi connectivity index (χ2v) is 19.9. The first-order valence-electron chi connectivity index (χ1n) is 19.9. The number of thioether (sulfide) groups is 1. The van der Waals surface area contributed by atoms with E-state index in [2.05, 4.69) is 25.3 Å². The third-order valence-corrected chi connectivity index (χ3v) is 15.9. The first kappa shape index (κ1) is 55.0. The summed E-state index contributed by atoms with van der Waals surface area (Å²) in [6.45, 7) is 19.3. The maximum atomic E-state index is 12.4. The third-order valence-electron chi connectivity index (χ3n) is 9.55. The maximum absolute atomic E-state index is 12.4. The molecule has 0 radical (unpaired) electrons. The SMILES string of the molecule is CCO[SiH2]OC(CCCS)(OCC)C(CC)(COC(C)=O)CO[Si](CCCSC(C)=O)(OCC)OCC(CC)(COC(C)=O)C(CCCS)(OCC)O[SiH2]C. The zero-order chi connectivity index (χ0) is 41.9. The molecule has 55 heavy (non-hydrogen) atoms. The molecule has 0 heterocycles. The van der Waals surface area contributed by atoms with E-state index >= 15 is 0 Å². The van der Waals surface area contributed by atoms with Crippen LogP contribution in [0, 0.1) is 10.8 Å². The van der Waals surface area contributed by atoms with Gasteiger partial charge < -0.3 is 45.5 Å². The minimum Gasteiger partial charge on any atom is -0.465 e. The van der Waals surface area contributed by atoms with Crippen LogP contribution in [-0.4, -0.2) is 127 Å². The molecule has 0 spiro atoms. The van der Waals surface area contributed by atoms with Gasteiger partial charge in [-0.2, -0.15) is 25.3 Å². The van der Waals surface area contributed by atoms with Crippen LogP contribution < -0.4 is 0 Å². The van der Waals surface area contributed by atoms with Crippen LogP contribution in [0.4, 0.5) is 0 Å². The predicted octanol–water partition coefficient (Wildman–Crippen LogP) is 5.67. The molecule has 5 unspecified atom stereocenters. The fourth-order valence-corrected chi connectivity index (χ4v) is 12.4. The van der Waals surface area contributed by atoms with Crippen molar-refractivity contribution in [2.45, 2.75) is 131 Å². The van der Waals surface area contributed by atoms with Crippen molar-refractivity contribution in [3.8, 4) is 0 Å². The summed E-state index contributed by atoms with van der Waals surface area (Å²) in [6, 6.07) is 0.371. The Morgan fingerprint density at radius 3 is 1.51 bits per heavy atom. The van der Waals surface area contributed by atoms with Gasteiger partial charge in [-0.25, -0.2) is 0 Å². The van der Waals surface area contributed by atoms with Crippen molar-refractivity contribution in [3.05, 3.63) is 0 Å². The van der Waals surface area contributed by atoms with Crippen molar-refractivity contribution in [1.29, 1.82) is 0 Å². The number of hydrogen-bond donors (Lipinski definition) is 2. The molecule has 0 aliphatic heterocycles. The van der Waals surface area contributed by atoms with Gasteiger partial charge in [0.05, 0.1) is 24.0 Å². The summed E-state index contributed by atoms with van der Waals surface area (Å²) in [4.78, 5) is 36.8. The minimum atomic E-state index is -3.73. The molecule has 5 atom stereocenters. The van der Waals surface area contributed by atoms with Crippen LogP contribution in [0.1, 0.15) is 107 Å². The molecule has 0 aromatic carbocycles. The quantitative estimate of drug-likeness (QED) is 0.0262. The number of hydrogen-bond acceptors (Lipinski definition) is 16. The molecule has 0 fully saturated rings. The van der Waals surface area contributed by atoms with E-state index in [1.54, 1.807) is 6.92 Å². The largest absolute Gasteiger partial charge is 0.501 e. The van der Waals surface area contributed by atoms with Gasteiger partial charge in [0, 0.05) is 71.8 Å². The molecule has 0 bridgehead atoms. The highest BCUT2D eigenvalue weighted by atomic mass is 32.2. The maximum Gasteiger partial charge on any atom is 0.501 e. The van der Waals surface area contributed by atoms with Crippen molar-refractivity contribution in [2.24, 2.45) is 10.8 Å². The summed E-state index contributed by atoms with van der Waals surface area (Å²) in [6.07, 6.45) is 3.79. The smallest absolute Gasteiger partial charge is 0.465 e. The van der Waals surface area contributed by atoms with Crippen LogP contribution in [0.2, 0.25) is 12.6 Å². The number of carbonyl (C=O) groups excluding carboxylic acids is 3. The van der Waals surface area contributed by atoms with E-state index in [4.69, 9.17) is 45.5 Å². The van der Waals surface area contributed by atoms with E-state index in [9.17, 15) is 14.4 Å². The van der Waals surface area contributed by atoms with Gasteiger partial charge in [0.2, 0.25) is 0 Å². The van der Waals surface area contributed by atoms with E-state index in [0.29, 0.717) is 88.1 Å². The fourth-order valence-electron chi connectivity index (χ4n) is 6.57. The van der Waals surface area contributed by atoms with Crippen LogP contribution in [0.3, 0.4) is 0 Å². The first-order valence-corrected chi connectivity index (χ1v) is 27.2. The van der Waals surface area contributed by atoms with Gasteiger partial charge in [0.15, 0.2) is 26.5 Å². The van der Waals surface area contributed by atoms with Gasteiger partial charge >= 0.3 is 30.7 Å². The Labute approximate surface area is 353 Å². The van der Waals surface area contributed by atoms with Crippen molar-refractivity contribution >= 4 is 82.6 Å². The predicted molar refractivity (Wildman–Crippen MR) is 232 cm³/mol. The van der Waals surface area contributed by atoms with Gasteiger partial charge in [0.25, 0.3) is 0 Å². The summed E-state index contributed by atoms with van der Waals surface area (Å²) >= 11 is 10.3. The Morgan fingerprint density at radius 2 is 1.15 bits per heavy atom. The van der Waals surface area contributed by atoms with E-state index < -0.39 is 62.9 Å². The van der Waals surface area contributed by atoms with Crippen LogP contribution in [0.15, 0.2) is 0 Å². The van der Waals surface area contributed by atoms with Crippen molar-refractivity contribution in [2.75, 3.05) is 70.1 Å². The molecule has 0 aliphatic rings. The highest BCUT2D eigenvalue weighted by Crippen LogP contribution is 2.47. The molecule has 0 N–H and O–H groups in total. The number of ether oxygens (including phenoxy) is 4. The van der Waals surface area contributed by atoms with Crippen LogP contribution in [0.5, 0.6) is 0 Å². The molecule has 13 nitrogen and oxygen atoms in total. The highest BCUT2D eigenvalue weighted by Gasteiger charge is 2.58. The normalized spacial score (nSPS) is 17.7. The third kappa shape index (κ3) is 18.0. The van der Waals surface area contributed by atoms with Crippen LogP contribution in [0.25, 0.3) is 0 Å². The minimum absolute atomic E-state index is 0.00630. The van der Waals surface area contributed by atoms with Crippen molar-refractivity contribution in [3.63, 3.8) is 0 Å². The van der Waals surface area contributed by atoms with E-state index in [0.717, 1.165) is 0 Å². The number of esters is 2. The van der Waals surface area contributed by atoms with Crippen molar-refractivity contribution in [1.82, 2.24) is 0 Å². The Hall–Kier alpha value is -0.00935. The monoisotopic (exact) mass is 894 g/mol. The second kappa shape index (κ2) is 30.1. The molecule has 0 aromatic rings. The topological polar surface area (TPSA) is 144 Å². The van der Waals surface area contributed by atoms with Gasteiger partial charge in [0.1, 0.15) is 13.2 Å². The molecular formula is C36H74O13S3Si3. The van der Waals surface area contributed by atoms with E-state index in [-0.39, 0.29) is 38.1 Å². The van der Waals surface area contributed by atoms with Gasteiger partial charge in [-0.05, 0) is 71.3 Å². The molecule has 0 aliphatic carbocycles.